The van der Waals surface area contributed by atoms with Gasteiger partial charge in [0.25, 0.3) is 11.8 Å². The van der Waals surface area contributed by atoms with Crippen LogP contribution in [0.3, 0.4) is 0 Å². The van der Waals surface area contributed by atoms with Gasteiger partial charge >= 0.3 is 0 Å². The summed E-state index contributed by atoms with van der Waals surface area (Å²) in [5.74, 6) is 0.701. The summed E-state index contributed by atoms with van der Waals surface area (Å²) in [5, 5.41) is 9.01. The first kappa shape index (κ1) is 27.2. The van der Waals surface area contributed by atoms with Gasteiger partial charge in [0.05, 0.1) is 6.21 Å². The van der Waals surface area contributed by atoms with Gasteiger partial charge in [-0.1, -0.05) is 72.2 Å². The molecule has 204 valence electrons. The van der Waals surface area contributed by atoms with Crippen molar-refractivity contribution in [1.29, 1.82) is 0 Å². The van der Waals surface area contributed by atoms with E-state index in [2.05, 4.69) is 31.8 Å². The number of halogens is 1. The average molecular weight is 602 g/mol. The van der Waals surface area contributed by atoms with Crippen molar-refractivity contribution in [3.8, 4) is 17.2 Å². The van der Waals surface area contributed by atoms with Gasteiger partial charge in [0.15, 0.2) is 11.5 Å². The second-order valence-corrected chi connectivity index (χ2v) is 10.5. The molecule has 1 atom stereocenters. The highest BCUT2D eigenvalue weighted by Crippen LogP contribution is 2.32. The number of nitrogens with zero attached hydrogens (tertiary/aromatic N) is 1. The highest BCUT2D eigenvalue weighted by molar-refractivity contribution is 9.10. The van der Waals surface area contributed by atoms with Crippen LogP contribution in [-0.4, -0.2) is 30.9 Å². The Hall–Kier alpha value is -4.37. The second kappa shape index (κ2) is 12.2. The Labute approximate surface area is 240 Å². The maximum absolute atomic E-state index is 13.1. The molecule has 5 rings (SSSR count). The molecule has 2 amide bonds. The van der Waals surface area contributed by atoms with Gasteiger partial charge in [-0.25, -0.2) is 5.43 Å². The van der Waals surface area contributed by atoms with Crippen LogP contribution in [0.5, 0.6) is 17.2 Å². The molecule has 1 aliphatic rings. The molecule has 1 unspecified atom stereocenters. The number of nitrogens with one attached hydrogen (secondary N) is 2. The standard InChI is InChI=1S/C31H28BrN3O5/c1-19(2)29(34-30(36)22-10-14-27-28(15-22)40-18-39-27)31(37)35-33-16-25-24-6-4-3-5-21(24)9-13-26(25)38-17-20-7-11-23(32)12-8-20/h3-16,19,29H,17-18H2,1-2H3,(H,34,36)(H,35,37). The Bertz CT molecular complexity index is 1570. The van der Waals surface area contributed by atoms with Crippen LogP contribution in [0.2, 0.25) is 0 Å². The van der Waals surface area contributed by atoms with Crippen molar-refractivity contribution in [2.75, 3.05) is 6.79 Å². The summed E-state index contributed by atoms with van der Waals surface area (Å²) in [7, 11) is 0. The molecule has 0 aromatic heterocycles. The Kier molecular flexibility index (Phi) is 8.31. The van der Waals surface area contributed by atoms with E-state index in [-0.39, 0.29) is 12.7 Å². The minimum atomic E-state index is -0.810. The zero-order chi connectivity index (χ0) is 28.1. The molecule has 0 fully saturated rings. The Morgan fingerprint density at radius 2 is 1.77 bits per heavy atom. The maximum atomic E-state index is 13.1. The van der Waals surface area contributed by atoms with Crippen molar-refractivity contribution < 1.29 is 23.8 Å². The zero-order valence-corrected chi connectivity index (χ0v) is 23.6. The Morgan fingerprint density at radius 3 is 2.58 bits per heavy atom. The molecule has 0 saturated heterocycles. The van der Waals surface area contributed by atoms with Gasteiger partial charge in [-0.3, -0.25) is 9.59 Å². The van der Waals surface area contributed by atoms with E-state index < -0.39 is 17.9 Å². The molecule has 2 N–H and O–H groups in total. The molecule has 0 spiro atoms. The number of amides is 2. The van der Waals surface area contributed by atoms with E-state index in [0.717, 1.165) is 26.4 Å². The van der Waals surface area contributed by atoms with Crippen LogP contribution < -0.4 is 25.0 Å². The molecule has 1 heterocycles. The molecular formula is C31H28BrN3O5. The van der Waals surface area contributed by atoms with Gasteiger partial charge in [-0.2, -0.15) is 5.10 Å². The van der Waals surface area contributed by atoms with Gasteiger partial charge < -0.3 is 19.5 Å². The van der Waals surface area contributed by atoms with Crippen molar-refractivity contribution in [1.82, 2.24) is 10.7 Å². The predicted molar refractivity (Wildman–Crippen MR) is 157 cm³/mol. The average Bonchev–Trinajstić information content (AvgIpc) is 3.44. The van der Waals surface area contributed by atoms with Gasteiger partial charge in [-0.05, 0) is 58.7 Å². The first-order valence-electron chi connectivity index (χ1n) is 12.8. The molecule has 1 aliphatic heterocycles. The summed E-state index contributed by atoms with van der Waals surface area (Å²) in [5.41, 5.74) is 4.72. The number of hydrazone groups is 1. The second-order valence-electron chi connectivity index (χ2n) is 9.61. The van der Waals surface area contributed by atoms with E-state index in [1.54, 1.807) is 24.4 Å². The number of carbonyl (C=O) groups is 2. The van der Waals surface area contributed by atoms with Crippen LogP contribution in [0.15, 0.2) is 88.4 Å². The summed E-state index contributed by atoms with van der Waals surface area (Å²) >= 11 is 3.45. The fourth-order valence-electron chi connectivity index (χ4n) is 4.30. The third-order valence-corrected chi connectivity index (χ3v) is 7.01. The van der Waals surface area contributed by atoms with Crippen molar-refractivity contribution in [2.45, 2.75) is 26.5 Å². The fourth-order valence-corrected chi connectivity index (χ4v) is 4.57. The van der Waals surface area contributed by atoms with Crippen molar-refractivity contribution in [3.05, 3.63) is 100 Å². The number of hydrogen-bond donors (Lipinski definition) is 2. The third-order valence-electron chi connectivity index (χ3n) is 6.48. The van der Waals surface area contributed by atoms with Crippen molar-refractivity contribution in [3.63, 3.8) is 0 Å². The molecule has 4 aromatic carbocycles. The number of carbonyl (C=O) groups excluding carboxylic acids is 2. The van der Waals surface area contributed by atoms with E-state index >= 15 is 0 Å². The van der Waals surface area contributed by atoms with Gasteiger partial charge in [-0.15, -0.1) is 0 Å². The lowest BCUT2D eigenvalue weighted by Gasteiger charge is -2.20. The van der Waals surface area contributed by atoms with Gasteiger partial charge in [0.1, 0.15) is 18.4 Å². The minimum Gasteiger partial charge on any atom is -0.488 e. The first-order chi connectivity index (χ1) is 19.4. The van der Waals surface area contributed by atoms with Crippen LogP contribution in [-0.2, 0) is 11.4 Å². The number of rotatable bonds is 9. The normalized spacial score (nSPS) is 13.0. The molecule has 40 heavy (non-hydrogen) atoms. The van der Waals surface area contributed by atoms with Gasteiger partial charge in [0, 0.05) is 15.6 Å². The lowest BCUT2D eigenvalue weighted by Crippen LogP contribution is -2.48. The lowest BCUT2D eigenvalue weighted by molar-refractivity contribution is -0.123. The monoisotopic (exact) mass is 601 g/mol. The molecular weight excluding hydrogens is 574 g/mol. The molecule has 0 radical (unpaired) electrons. The number of benzene rings is 4. The summed E-state index contributed by atoms with van der Waals surface area (Å²) in [6, 6.07) is 23.8. The van der Waals surface area contributed by atoms with Crippen molar-refractivity contribution in [2.24, 2.45) is 11.0 Å². The van der Waals surface area contributed by atoms with Crippen molar-refractivity contribution >= 4 is 44.7 Å². The lowest BCUT2D eigenvalue weighted by atomic mass is 10.0. The molecule has 9 heteroatoms. The predicted octanol–water partition coefficient (Wildman–Crippen LogP) is 5.81. The summed E-state index contributed by atoms with van der Waals surface area (Å²) in [4.78, 5) is 26.0. The van der Waals surface area contributed by atoms with E-state index in [1.807, 2.05) is 74.5 Å². The minimum absolute atomic E-state index is 0.114. The number of fused-ring (bicyclic) bond motifs is 2. The molecule has 0 bridgehead atoms. The zero-order valence-electron chi connectivity index (χ0n) is 22.0. The van der Waals surface area contributed by atoms with Crippen LogP contribution in [0.4, 0.5) is 0 Å². The Balaban J connectivity index is 1.31. The first-order valence-corrected chi connectivity index (χ1v) is 13.6. The molecule has 4 aromatic rings. The number of ether oxygens (including phenoxy) is 3. The summed E-state index contributed by atoms with van der Waals surface area (Å²) in [6.45, 7) is 4.20. The van der Waals surface area contributed by atoms with Crippen LogP contribution in [0, 0.1) is 5.92 Å². The summed E-state index contributed by atoms with van der Waals surface area (Å²) < 4.78 is 17.8. The van der Waals surface area contributed by atoms with Crippen LogP contribution >= 0.6 is 15.9 Å². The fraction of sp³-hybridized carbons (Fsp3) is 0.194. The van der Waals surface area contributed by atoms with E-state index in [0.29, 0.717) is 29.4 Å². The topological polar surface area (TPSA) is 98.2 Å². The summed E-state index contributed by atoms with van der Waals surface area (Å²) in [6.07, 6.45) is 1.58. The van der Waals surface area contributed by atoms with E-state index in [4.69, 9.17) is 14.2 Å². The molecule has 0 saturated carbocycles. The largest absolute Gasteiger partial charge is 0.488 e. The smallest absolute Gasteiger partial charge is 0.262 e. The van der Waals surface area contributed by atoms with E-state index in [9.17, 15) is 9.59 Å². The molecule has 0 aliphatic carbocycles. The van der Waals surface area contributed by atoms with Crippen LogP contribution in [0.25, 0.3) is 10.8 Å². The number of hydrogen-bond acceptors (Lipinski definition) is 6. The quantitative estimate of drug-likeness (QED) is 0.186. The maximum Gasteiger partial charge on any atom is 0.262 e. The highest BCUT2D eigenvalue weighted by Gasteiger charge is 2.25. The molecule has 8 nitrogen and oxygen atoms in total. The third kappa shape index (κ3) is 6.26. The SMILES string of the molecule is CC(C)C(NC(=O)c1ccc2c(c1)OCO2)C(=O)NN=Cc1c(OCc2ccc(Br)cc2)ccc2ccccc12. The van der Waals surface area contributed by atoms with E-state index in [1.165, 1.54) is 0 Å². The van der Waals surface area contributed by atoms with Crippen LogP contribution in [0.1, 0.15) is 35.3 Å². The Morgan fingerprint density at radius 1 is 1.00 bits per heavy atom. The van der Waals surface area contributed by atoms with Gasteiger partial charge in [0.2, 0.25) is 6.79 Å². The highest BCUT2D eigenvalue weighted by atomic mass is 79.9.